The third kappa shape index (κ3) is 1.55. The summed E-state index contributed by atoms with van der Waals surface area (Å²) in [6, 6.07) is 0. The lowest BCUT2D eigenvalue weighted by atomic mass is 9.97. The molecule has 68 valence electrons. The maximum absolute atomic E-state index is 10.6. The third-order valence-electron chi connectivity index (χ3n) is 2.14. The van der Waals surface area contributed by atoms with Gasteiger partial charge >= 0.3 is 11.9 Å². The Morgan fingerprint density at radius 3 is 1.75 bits per heavy atom. The lowest BCUT2D eigenvalue weighted by molar-refractivity contribution is -0.151. The Kier molecular flexibility index (Phi) is 2.32. The molecule has 0 aromatic carbocycles. The molecule has 0 amide bonds. The van der Waals surface area contributed by atoms with Crippen LogP contribution in [0.15, 0.2) is 0 Å². The fraction of sp³-hybridized carbons (Fsp3) is 0.714. The summed E-state index contributed by atoms with van der Waals surface area (Å²) < 4.78 is 0. The van der Waals surface area contributed by atoms with Crippen molar-refractivity contribution in [1.29, 1.82) is 0 Å². The highest BCUT2D eigenvalue weighted by atomic mass is 16.4. The van der Waals surface area contributed by atoms with Crippen LogP contribution in [0.1, 0.15) is 0 Å². The molecular formula is C7H11NO4. The predicted octanol–water partition coefficient (Wildman–Crippen LogP) is -0.667. The van der Waals surface area contributed by atoms with Gasteiger partial charge < -0.3 is 15.1 Å². The molecule has 1 aliphatic heterocycles. The van der Waals surface area contributed by atoms with Crippen LogP contribution in [0.2, 0.25) is 0 Å². The van der Waals surface area contributed by atoms with Crippen molar-refractivity contribution in [3.8, 4) is 0 Å². The van der Waals surface area contributed by atoms with Crippen molar-refractivity contribution in [2.75, 3.05) is 20.1 Å². The van der Waals surface area contributed by atoms with Crippen molar-refractivity contribution < 1.29 is 19.8 Å². The van der Waals surface area contributed by atoms with Crippen LogP contribution >= 0.6 is 0 Å². The number of hydrogen-bond acceptors (Lipinski definition) is 3. The zero-order chi connectivity index (χ0) is 9.30. The smallest absolute Gasteiger partial charge is 0.308 e. The van der Waals surface area contributed by atoms with E-state index in [0.29, 0.717) is 13.1 Å². The van der Waals surface area contributed by atoms with E-state index in [0.717, 1.165) is 0 Å². The summed E-state index contributed by atoms with van der Waals surface area (Å²) in [6.45, 7) is 0.651. The molecule has 2 N–H and O–H groups in total. The van der Waals surface area contributed by atoms with E-state index in [9.17, 15) is 9.59 Å². The number of hydrogen-bond donors (Lipinski definition) is 2. The number of rotatable bonds is 2. The Hall–Kier alpha value is -1.10. The molecule has 0 aromatic rings. The summed E-state index contributed by atoms with van der Waals surface area (Å²) in [5.41, 5.74) is 0. The summed E-state index contributed by atoms with van der Waals surface area (Å²) >= 11 is 0. The zero-order valence-corrected chi connectivity index (χ0v) is 6.73. The average Bonchev–Trinajstić information content (AvgIpc) is 2.31. The van der Waals surface area contributed by atoms with Gasteiger partial charge in [0, 0.05) is 13.1 Å². The SMILES string of the molecule is CN1C[C@H](C(=O)O)[C@H](C(=O)O)C1. The van der Waals surface area contributed by atoms with Gasteiger partial charge in [-0.15, -0.1) is 0 Å². The van der Waals surface area contributed by atoms with E-state index in [-0.39, 0.29) is 0 Å². The molecule has 5 heteroatoms. The van der Waals surface area contributed by atoms with Crippen molar-refractivity contribution in [1.82, 2.24) is 4.90 Å². The Balaban J connectivity index is 2.72. The van der Waals surface area contributed by atoms with E-state index >= 15 is 0 Å². The van der Waals surface area contributed by atoms with E-state index in [1.165, 1.54) is 0 Å². The minimum absolute atomic E-state index is 0.326. The van der Waals surface area contributed by atoms with E-state index < -0.39 is 23.8 Å². The van der Waals surface area contributed by atoms with Gasteiger partial charge in [-0.3, -0.25) is 9.59 Å². The summed E-state index contributed by atoms with van der Waals surface area (Å²) in [7, 11) is 1.72. The van der Waals surface area contributed by atoms with E-state index in [1.807, 2.05) is 0 Å². The second kappa shape index (κ2) is 3.10. The number of likely N-dealkylation sites (tertiary alicyclic amines) is 1. The number of carbonyl (C=O) groups is 2. The molecule has 5 nitrogen and oxygen atoms in total. The fourth-order valence-corrected chi connectivity index (χ4v) is 1.50. The number of carboxylic acid groups (broad SMARTS) is 2. The monoisotopic (exact) mass is 173 g/mol. The van der Waals surface area contributed by atoms with Crippen LogP contribution in [0.5, 0.6) is 0 Å². The molecule has 12 heavy (non-hydrogen) atoms. The number of carboxylic acids is 2. The number of aliphatic carboxylic acids is 2. The molecule has 0 bridgehead atoms. The van der Waals surface area contributed by atoms with Crippen LogP contribution in [-0.2, 0) is 9.59 Å². The maximum Gasteiger partial charge on any atom is 0.308 e. The second-order valence-electron chi connectivity index (χ2n) is 3.11. The van der Waals surface area contributed by atoms with Crippen LogP contribution in [0.4, 0.5) is 0 Å². The lowest BCUT2D eigenvalue weighted by Crippen LogP contribution is -2.28. The Bertz CT molecular complexity index is 193. The molecule has 0 saturated carbocycles. The van der Waals surface area contributed by atoms with Gasteiger partial charge in [-0.1, -0.05) is 0 Å². The van der Waals surface area contributed by atoms with Crippen molar-refractivity contribution in [3.05, 3.63) is 0 Å². The molecular weight excluding hydrogens is 162 g/mol. The molecule has 0 aliphatic carbocycles. The summed E-state index contributed by atoms with van der Waals surface area (Å²) in [5.74, 6) is -3.56. The Morgan fingerprint density at radius 1 is 1.17 bits per heavy atom. The van der Waals surface area contributed by atoms with Crippen molar-refractivity contribution in [2.24, 2.45) is 11.8 Å². The third-order valence-corrected chi connectivity index (χ3v) is 2.14. The van der Waals surface area contributed by atoms with Gasteiger partial charge in [-0.25, -0.2) is 0 Å². The molecule has 1 aliphatic rings. The van der Waals surface area contributed by atoms with Gasteiger partial charge in [0.1, 0.15) is 0 Å². The van der Waals surface area contributed by atoms with E-state index in [1.54, 1.807) is 11.9 Å². The molecule has 1 heterocycles. The van der Waals surface area contributed by atoms with Crippen LogP contribution in [-0.4, -0.2) is 47.2 Å². The molecule has 1 rings (SSSR count). The quantitative estimate of drug-likeness (QED) is 0.579. The second-order valence-corrected chi connectivity index (χ2v) is 3.11. The summed E-state index contributed by atoms with van der Waals surface area (Å²) in [6.07, 6.45) is 0. The number of nitrogens with zero attached hydrogens (tertiary/aromatic N) is 1. The Labute approximate surface area is 69.6 Å². The van der Waals surface area contributed by atoms with Gasteiger partial charge in [0.05, 0.1) is 11.8 Å². The van der Waals surface area contributed by atoms with Crippen LogP contribution in [0.3, 0.4) is 0 Å². The molecule has 0 radical (unpaired) electrons. The van der Waals surface area contributed by atoms with Crippen molar-refractivity contribution in [2.45, 2.75) is 0 Å². The van der Waals surface area contributed by atoms with Gasteiger partial charge in [-0.2, -0.15) is 0 Å². The lowest BCUT2D eigenvalue weighted by Gasteiger charge is -2.07. The topological polar surface area (TPSA) is 77.8 Å². The molecule has 1 fully saturated rings. The highest BCUT2D eigenvalue weighted by molar-refractivity contribution is 5.81. The summed E-state index contributed by atoms with van der Waals surface area (Å²) in [4.78, 5) is 22.9. The van der Waals surface area contributed by atoms with Gasteiger partial charge in [0.25, 0.3) is 0 Å². The van der Waals surface area contributed by atoms with Gasteiger partial charge in [0.2, 0.25) is 0 Å². The molecule has 1 saturated heterocycles. The minimum Gasteiger partial charge on any atom is -0.481 e. The predicted molar refractivity (Wildman–Crippen MR) is 39.7 cm³/mol. The van der Waals surface area contributed by atoms with Crippen molar-refractivity contribution in [3.63, 3.8) is 0 Å². The molecule has 0 aromatic heterocycles. The molecule has 0 unspecified atom stereocenters. The first-order valence-corrected chi connectivity index (χ1v) is 3.66. The molecule has 0 spiro atoms. The standard InChI is InChI=1S/C7H11NO4/c1-8-2-4(6(9)10)5(3-8)7(11)12/h4-5H,2-3H2,1H3,(H,9,10)(H,11,12)/t4-,5+. The first-order valence-electron chi connectivity index (χ1n) is 3.66. The van der Waals surface area contributed by atoms with E-state index in [4.69, 9.17) is 10.2 Å². The highest BCUT2D eigenvalue weighted by Gasteiger charge is 2.40. The first kappa shape index (κ1) is 8.99. The highest BCUT2D eigenvalue weighted by Crippen LogP contribution is 2.22. The largest absolute Gasteiger partial charge is 0.481 e. The normalized spacial score (nSPS) is 30.4. The first-order chi connectivity index (χ1) is 5.52. The molecule has 2 atom stereocenters. The van der Waals surface area contributed by atoms with Crippen LogP contribution < -0.4 is 0 Å². The zero-order valence-electron chi connectivity index (χ0n) is 6.73. The average molecular weight is 173 g/mol. The summed E-state index contributed by atoms with van der Waals surface area (Å²) in [5, 5.41) is 17.3. The van der Waals surface area contributed by atoms with Crippen molar-refractivity contribution >= 4 is 11.9 Å². The van der Waals surface area contributed by atoms with E-state index in [2.05, 4.69) is 0 Å². The maximum atomic E-state index is 10.6. The fourth-order valence-electron chi connectivity index (χ4n) is 1.50. The van der Waals surface area contributed by atoms with Crippen LogP contribution in [0, 0.1) is 11.8 Å². The minimum atomic E-state index is -1.02. The van der Waals surface area contributed by atoms with Crippen LogP contribution in [0.25, 0.3) is 0 Å². The Morgan fingerprint density at radius 2 is 1.50 bits per heavy atom. The van der Waals surface area contributed by atoms with Gasteiger partial charge in [0.15, 0.2) is 0 Å². The van der Waals surface area contributed by atoms with Gasteiger partial charge in [-0.05, 0) is 7.05 Å².